The van der Waals surface area contributed by atoms with Gasteiger partial charge in [-0.2, -0.15) is 0 Å². The zero-order valence-corrected chi connectivity index (χ0v) is 10.3. The summed E-state index contributed by atoms with van der Waals surface area (Å²) in [6, 6.07) is 5.53. The van der Waals surface area contributed by atoms with Crippen LogP contribution >= 0.6 is 23.2 Å². The van der Waals surface area contributed by atoms with E-state index in [9.17, 15) is 0 Å². The van der Waals surface area contributed by atoms with Gasteiger partial charge < -0.3 is 15.4 Å². The Hall–Kier alpha value is -0.480. The summed E-state index contributed by atoms with van der Waals surface area (Å²) in [6.07, 6.45) is 0.0838. The van der Waals surface area contributed by atoms with Crippen LogP contribution in [-0.2, 0) is 4.74 Å². The molecule has 0 saturated carbocycles. The SMILES string of the molecule is NCC1CN(c2ccc(Cl)cc2Cl)CCO1. The molecule has 1 atom stereocenters. The highest BCUT2D eigenvalue weighted by Gasteiger charge is 2.20. The van der Waals surface area contributed by atoms with E-state index < -0.39 is 0 Å². The number of halogens is 2. The first-order chi connectivity index (χ1) is 7.70. The number of benzene rings is 1. The molecule has 1 fully saturated rings. The van der Waals surface area contributed by atoms with Gasteiger partial charge in [0.05, 0.1) is 23.4 Å². The van der Waals surface area contributed by atoms with Gasteiger partial charge in [-0.25, -0.2) is 0 Å². The fourth-order valence-corrected chi connectivity index (χ4v) is 2.35. The minimum Gasteiger partial charge on any atom is -0.373 e. The van der Waals surface area contributed by atoms with Crippen molar-refractivity contribution in [3.05, 3.63) is 28.2 Å². The largest absolute Gasteiger partial charge is 0.373 e. The molecule has 1 heterocycles. The predicted octanol–water partition coefficient (Wildman–Crippen LogP) is 2.16. The number of nitrogens with two attached hydrogens (primary N) is 1. The maximum Gasteiger partial charge on any atom is 0.0872 e. The van der Waals surface area contributed by atoms with Crippen molar-refractivity contribution >= 4 is 28.9 Å². The molecule has 2 rings (SSSR count). The lowest BCUT2D eigenvalue weighted by Gasteiger charge is -2.34. The molecule has 3 nitrogen and oxygen atoms in total. The van der Waals surface area contributed by atoms with Crippen molar-refractivity contribution in [2.45, 2.75) is 6.10 Å². The van der Waals surface area contributed by atoms with Crippen molar-refractivity contribution < 1.29 is 4.74 Å². The van der Waals surface area contributed by atoms with Crippen LogP contribution in [0, 0.1) is 0 Å². The lowest BCUT2D eigenvalue weighted by molar-refractivity contribution is 0.0466. The zero-order chi connectivity index (χ0) is 11.5. The summed E-state index contributed by atoms with van der Waals surface area (Å²) in [5.74, 6) is 0. The molecular formula is C11H14Cl2N2O. The minimum absolute atomic E-state index is 0.0838. The summed E-state index contributed by atoms with van der Waals surface area (Å²) in [5.41, 5.74) is 6.59. The normalized spacial score (nSPS) is 21.2. The quantitative estimate of drug-likeness (QED) is 0.886. The third kappa shape index (κ3) is 2.61. The molecule has 1 aliphatic rings. The highest BCUT2D eigenvalue weighted by molar-refractivity contribution is 6.36. The van der Waals surface area contributed by atoms with E-state index in [0.29, 0.717) is 23.2 Å². The molecule has 0 spiro atoms. The maximum atomic E-state index is 6.16. The monoisotopic (exact) mass is 260 g/mol. The van der Waals surface area contributed by atoms with Crippen LogP contribution in [0.5, 0.6) is 0 Å². The van der Waals surface area contributed by atoms with Crippen LogP contribution in [0.2, 0.25) is 10.0 Å². The molecule has 88 valence electrons. The van der Waals surface area contributed by atoms with E-state index in [0.717, 1.165) is 18.8 Å². The van der Waals surface area contributed by atoms with Crippen molar-refractivity contribution in [3.8, 4) is 0 Å². The third-order valence-electron chi connectivity index (χ3n) is 2.65. The lowest BCUT2D eigenvalue weighted by atomic mass is 10.2. The Balaban J connectivity index is 2.16. The van der Waals surface area contributed by atoms with Crippen molar-refractivity contribution in [1.82, 2.24) is 0 Å². The molecule has 0 amide bonds. The zero-order valence-electron chi connectivity index (χ0n) is 8.83. The van der Waals surface area contributed by atoms with Crippen molar-refractivity contribution in [2.24, 2.45) is 5.73 Å². The van der Waals surface area contributed by atoms with Crippen LogP contribution in [0.4, 0.5) is 5.69 Å². The summed E-state index contributed by atoms with van der Waals surface area (Å²) in [4.78, 5) is 2.18. The van der Waals surface area contributed by atoms with Crippen LogP contribution in [0.15, 0.2) is 18.2 Å². The molecule has 0 radical (unpaired) electrons. The first-order valence-corrected chi connectivity index (χ1v) is 5.98. The standard InChI is InChI=1S/C11H14Cl2N2O/c12-8-1-2-11(10(13)5-8)15-3-4-16-9(6-14)7-15/h1-2,5,9H,3-4,6-7,14H2. The van der Waals surface area contributed by atoms with Gasteiger partial charge in [0.2, 0.25) is 0 Å². The molecular weight excluding hydrogens is 247 g/mol. The third-order valence-corrected chi connectivity index (χ3v) is 3.19. The summed E-state index contributed by atoms with van der Waals surface area (Å²) in [5, 5.41) is 1.32. The van der Waals surface area contributed by atoms with Gasteiger partial charge in [0.25, 0.3) is 0 Å². The van der Waals surface area contributed by atoms with Crippen molar-refractivity contribution in [2.75, 3.05) is 31.1 Å². The summed E-state index contributed by atoms with van der Waals surface area (Å²) < 4.78 is 5.51. The molecule has 2 N–H and O–H groups in total. The van der Waals surface area contributed by atoms with Gasteiger partial charge in [0.15, 0.2) is 0 Å². The Morgan fingerprint density at radius 2 is 2.25 bits per heavy atom. The average molecular weight is 261 g/mol. The second-order valence-corrected chi connectivity index (χ2v) is 4.61. The Bertz CT molecular complexity index is 373. The highest BCUT2D eigenvalue weighted by Crippen LogP contribution is 2.29. The number of ether oxygens (including phenoxy) is 1. The number of anilines is 1. The first-order valence-electron chi connectivity index (χ1n) is 5.22. The Morgan fingerprint density at radius 3 is 2.94 bits per heavy atom. The molecule has 1 unspecified atom stereocenters. The molecule has 0 bridgehead atoms. The number of hydrogen-bond donors (Lipinski definition) is 1. The van der Waals surface area contributed by atoms with Gasteiger partial charge in [0.1, 0.15) is 0 Å². The second-order valence-electron chi connectivity index (χ2n) is 3.77. The van der Waals surface area contributed by atoms with Gasteiger partial charge in [-0.05, 0) is 18.2 Å². The molecule has 0 aromatic heterocycles. The average Bonchev–Trinajstić information content (AvgIpc) is 2.29. The molecule has 5 heteroatoms. The Kier molecular flexibility index (Phi) is 3.92. The van der Waals surface area contributed by atoms with Gasteiger partial charge >= 0.3 is 0 Å². The van der Waals surface area contributed by atoms with Crippen LogP contribution in [0.25, 0.3) is 0 Å². The smallest absolute Gasteiger partial charge is 0.0872 e. The maximum absolute atomic E-state index is 6.16. The van der Waals surface area contributed by atoms with Crippen molar-refractivity contribution in [1.29, 1.82) is 0 Å². The topological polar surface area (TPSA) is 38.5 Å². The lowest BCUT2D eigenvalue weighted by Crippen LogP contribution is -2.45. The fourth-order valence-electron chi connectivity index (χ4n) is 1.82. The summed E-state index contributed by atoms with van der Waals surface area (Å²) >= 11 is 12.0. The molecule has 16 heavy (non-hydrogen) atoms. The number of hydrogen-bond acceptors (Lipinski definition) is 3. The van der Waals surface area contributed by atoms with Gasteiger partial charge in [-0.15, -0.1) is 0 Å². The van der Waals surface area contributed by atoms with Crippen molar-refractivity contribution in [3.63, 3.8) is 0 Å². The molecule has 1 aliphatic heterocycles. The van der Waals surface area contributed by atoms with E-state index in [2.05, 4.69) is 4.90 Å². The minimum atomic E-state index is 0.0838. The van der Waals surface area contributed by atoms with Crippen LogP contribution < -0.4 is 10.6 Å². The molecule has 1 aromatic rings. The molecule has 1 aromatic carbocycles. The number of rotatable bonds is 2. The first kappa shape index (κ1) is 12.0. The fraction of sp³-hybridized carbons (Fsp3) is 0.455. The number of morpholine rings is 1. The van der Waals surface area contributed by atoms with E-state index in [1.807, 2.05) is 12.1 Å². The van der Waals surface area contributed by atoms with Crippen LogP contribution in [-0.4, -0.2) is 32.3 Å². The second kappa shape index (κ2) is 5.23. The predicted molar refractivity (Wildman–Crippen MR) is 67.5 cm³/mol. The van der Waals surface area contributed by atoms with Crippen LogP contribution in [0.1, 0.15) is 0 Å². The van der Waals surface area contributed by atoms with E-state index >= 15 is 0 Å². The van der Waals surface area contributed by atoms with E-state index in [-0.39, 0.29) is 6.10 Å². The highest BCUT2D eigenvalue weighted by atomic mass is 35.5. The van der Waals surface area contributed by atoms with Crippen LogP contribution in [0.3, 0.4) is 0 Å². The van der Waals surface area contributed by atoms with Gasteiger partial charge in [0, 0.05) is 24.7 Å². The van der Waals surface area contributed by atoms with Gasteiger partial charge in [-0.1, -0.05) is 23.2 Å². The Morgan fingerprint density at radius 1 is 1.44 bits per heavy atom. The number of nitrogens with zero attached hydrogens (tertiary/aromatic N) is 1. The van der Waals surface area contributed by atoms with E-state index in [1.165, 1.54) is 0 Å². The summed E-state index contributed by atoms with van der Waals surface area (Å²) in [6.45, 7) is 2.82. The van der Waals surface area contributed by atoms with Gasteiger partial charge in [-0.3, -0.25) is 0 Å². The molecule has 0 aliphatic carbocycles. The molecule has 1 saturated heterocycles. The summed E-state index contributed by atoms with van der Waals surface area (Å²) in [7, 11) is 0. The van der Waals surface area contributed by atoms with E-state index in [4.69, 9.17) is 33.7 Å². The Labute approximate surface area is 105 Å². The van der Waals surface area contributed by atoms with E-state index in [1.54, 1.807) is 6.07 Å².